The number of esters is 1. The smallest absolute Gasteiger partial charge is 0.325 e. The molecule has 8 nitrogen and oxygen atoms in total. The third kappa shape index (κ3) is 4.16. The highest BCUT2D eigenvalue weighted by Gasteiger charge is 2.16. The lowest BCUT2D eigenvalue weighted by molar-refractivity contribution is -0.141. The fourth-order valence-corrected chi connectivity index (χ4v) is 4.19. The van der Waals surface area contributed by atoms with Gasteiger partial charge in [0.2, 0.25) is 6.79 Å². The van der Waals surface area contributed by atoms with Gasteiger partial charge in [-0.15, -0.1) is 0 Å². The van der Waals surface area contributed by atoms with Crippen molar-refractivity contribution in [2.24, 2.45) is 4.99 Å². The molecule has 4 rings (SSSR count). The first-order valence-electron chi connectivity index (χ1n) is 9.36. The molecule has 1 aliphatic heterocycles. The molecule has 1 aliphatic rings. The van der Waals surface area contributed by atoms with Crippen LogP contribution in [0, 0.1) is 0 Å². The van der Waals surface area contributed by atoms with Crippen LogP contribution in [-0.4, -0.2) is 37.0 Å². The van der Waals surface area contributed by atoms with Gasteiger partial charge in [-0.3, -0.25) is 9.59 Å². The number of carbonyl (C=O) groups is 2. The summed E-state index contributed by atoms with van der Waals surface area (Å²) in [6.45, 7) is 2.59. The number of thiazole rings is 1. The molecule has 1 amide bonds. The molecule has 3 aromatic rings. The zero-order valence-corrected chi connectivity index (χ0v) is 17.4. The van der Waals surface area contributed by atoms with Gasteiger partial charge in [0.05, 0.1) is 30.4 Å². The van der Waals surface area contributed by atoms with Crippen molar-refractivity contribution in [3.63, 3.8) is 0 Å². The maximum Gasteiger partial charge on any atom is 0.325 e. The Morgan fingerprint density at radius 2 is 2.00 bits per heavy atom. The van der Waals surface area contributed by atoms with E-state index in [0.29, 0.717) is 22.9 Å². The Hall–Kier alpha value is -3.33. The van der Waals surface area contributed by atoms with Crippen LogP contribution in [0.4, 0.5) is 0 Å². The molecule has 0 spiro atoms. The largest absolute Gasteiger partial charge is 0.494 e. The SMILES string of the molecule is CCOc1ccc2c(c1)sc(=NC(=O)Cc1ccc3c(c1)OCO3)n2CC(=O)OC. The molecule has 0 fully saturated rings. The van der Waals surface area contributed by atoms with Gasteiger partial charge < -0.3 is 23.5 Å². The zero-order valence-electron chi connectivity index (χ0n) is 16.5. The van der Waals surface area contributed by atoms with Gasteiger partial charge in [-0.05, 0) is 42.8 Å². The molecule has 0 aliphatic carbocycles. The Balaban J connectivity index is 1.68. The normalized spacial score (nSPS) is 12.9. The maximum absolute atomic E-state index is 12.6. The lowest BCUT2D eigenvalue weighted by atomic mass is 10.1. The summed E-state index contributed by atoms with van der Waals surface area (Å²) in [5, 5.41) is 0. The fraction of sp³-hybridized carbons (Fsp3) is 0.286. The van der Waals surface area contributed by atoms with Gasteiger partial charge in [-0.1, -0.05) is 17.4 Å². The van der Waals surface area contributed by atoms with Crippen molar-refractivity contribution in [2.45, 2.75) is 19.9 Å². The number of hydrogen-bond acceptors (Lipinski definition) is 7. The average molecular weight is 428 g/mol. The molecule has 1 aromatic heterocycles. The highest BCUT2D eigenvalue weighted by Crippen LogP contribution is 2.32. The van der Waals surface area contributed by atoms with E-state index in [1.54, 1.807) is 16.7 Å². The van der Waals surface area contributed by atoms with Crippen LogP contribution in [0.3, 0.4) is 0 Å². The topological polar surface area (TPSA) is 88.4 Å². The van der Waals surface area contributed by atoms with E-state index in [1.807, 2.05) is 31.2 Å². The molecular formula is C21H20N2O6S. The number of hydrogen-bond donors (Lipinski definition) is 0. The fourth-order valence-electron chi connectivity index (χ4n) is 3.11. The number of fused-ring (bicyclic) bond motifs is 2. The van der Waals surface area contributed by atoms with Crippen LogP contribution in [0.2, 0.25) is 0 Å². The lowest BCUT2D eigenvalue weighted by Crippen LogP contribution is -2.22. The maximum atomic E-state index is 12.6. The van der Waals surface area contributed by atoms with Crippen LogP contribution in [0.1, 0.15) is 12.5 Å². The number of amides is 1. The minimum atomic E-state index is -0.423. The molecule has 156 valence electrons. The Morgan fingerprint density at radius 1 is 1.17 bits per heavy atom. The highest BCUT2D eigenvalue weighted by molar-refractivity contribution is 7.16. The zero-order chi connectivity index (χ0) is 21.1. The molecule has 0 N–H and O–H groups in total. The van der Waals surface area contributed by atoms with E-state index >= 15 is 0 Å². The minimum Gasteiger partial charge on any atom is -0.494 e. The summed E-state index contributed by atoms with van der Waals surface area (Å²) < 4.78 is 23.5. The molecule has 30 heavy (non-hydrogen) atoms. The van der Waals surface area contributed by atoms with Crippen LogP contribution in [0.5, 0.6) is 17.2 Å². The molecule has 2 aromatic carbocycles. The molecule has 0 radical (unpaired) electrons. The predicted octanol–water partition coefficient (Wildman–Crippen LogP) is 2.67. The van der Waals surface area contributed by atoms with Crippen LogP contribution in [0.15, 0.2) is 41.4 Å². The second kappa shape index (κ2) is 8.58. The Labute approximate surface area is 176 Å². The van der Waals surface area contributed by atoms with E-state index in [2.05, 4.69) is 4.99 Å². The third-order valence-electron chi connectivity index (χ3n) is 4.49. The first-order chi connectivity index (χ1) is 14.6. The summed E-state index contributed by atoms with van der Waals surface area (Å²) in [5.74, 6) is 1.24. The summed E-state index contributed by atoms with van der Waals surface area (Å²) in [6.07, 6.45) is 0.104. The molecule has 9 heteroatoms. The molecular weight excluding hydrogens is 408 g/mol. The number of aromatic nitrogens is 1. The summed E-state index contributed by atoms with van der Waals surface area (Å²) in [5.41, 5.74) is 1.55. The lowest BCUT2D eigenvalue weighted by Gasteiger charge is -2.05. The molecule has 0 atom stereocenters. The number of ether oxygens (including phenoxy) is 4. The number of nitrogens with zero attached hydrogens (tertiary/aromatic N) is 2. The van der Waals surface area contributed by atoms with E-state index in [4.69, 9.17) is 18.9 Å². The van der Waals surface area contributed by atoms with Crippen molar-refractivity contribution < 1.29 is 28.5 Å². The molecule has 0 saturated heterocycles. The van der Waals surface area contributed by atoms with E-state index < -0.39 is 5.97 Å². The quantitative estimate of drug-likeness (QED) is 0.561. The number of carbonyl (C=O) groups excluding carboxylic acids is 2. The second-order valence-corrected chi connectivity index (χ2v) is 7.49. The van der Waals surface area contributed by atoms with Crippen molar-refractivity contribution in [1.82, 2.24) is 4.57 Å². The van der Waals surface area contributed by atoms with Gasteiger partial charge in [-0.2, -0.15) is 4.99 Å². The van der Waals surface area contributed by atoms with Crippen molar-refractivity contribution in [3.05, 3.63) is 46.8 Å². The van der Waals surface area contributed by atoms with E-state index in [1.165, 1.54) is 18.4 Å². The number of rotatable bonds is 6. The Kier molecular flexibility index (Phi) is 5.71. The third-order valence-corrected chi connectivity index (χ3v) is 5.53. The Bertz CT molecular complexity index is 1180. The second-order valence-electron chi connectivity index (χ2n) is 6.48. The van der Waals surface area contributed by atoms with Gasteiger partial charge in [0, 0.05) is 0 Å². The van der Waals surface area contributed by atoms with Crippen LogP contribution >= 0.6 is 11.3 Å². The van der Waals surface area contributed by atoms with Gasteiger partial charge in [0.1, 0.15) is 12.3 Å². The van der Waals surface area contributed by atoms with Gasteiger partial charge in [-0.25, -0.2) is 0 Å². The van der Waals surface area contributed by atoms with Crippen molar-refractivity contribution in [1.29, 1.82) is 0 Å². The average Bonchev–Trinajstić information content (AvgIpc) is 3.32. The van der Waals surface area contributed by atoms with Gasteiger partial charge >= 0.3 is 5.97 Å². The van der Waals surface area contributed by atoms with Crippen LogP contribution in [-0.2, 0) is 27.3 Å². The Morgan fingerprint density at radius 3 is 2.80 bits per heavy atom. The standard InChI is InChI=1S/C21H20N2O6S/c1-3-27-14-5-6-15-18(10-14)30-21(23(15)11-20(25)26-2)22-19(24)9-13-4-7-16-17(8-13)29-12-28-16/h4-8,10H,3,9,11-12H2,1-2H3. The van der Waals surface area contributed by atoms with Crippen LogP contribution in [0.25, 0.3) is 10.2 Å². The van der Waals surface area contributed by atoms with Gasteiger partial charge in [0.15, 0.2) is 16.3 Å². The van der Waals surface area contributed by atoms with Crippen molar-refractivity contribution in [2.75, 3.05) is 20.5 Å². The summed E-state index contributed by atoms with van der Waals surface area (Å²) in [7, 11) is 1.33. The van der Waals surface area contributed by atoms with Gasteiger partial charge in [0.25, 0.3) is 5.91 Å². The molecule has 0 unspecified atom stereocenters. The number of methoxy groups -OCH3 is 1. The predicted molar refractivity (Wildman–Crippen MR) is 110 cm³/mol. The van der Waals surface area contributed by atoms with E-state index in [-0.39, 0.29) is 25.7 Å². The summed E-state index contributed by atoms with van der Waals surface area (Å²) >= 11 is 1.32. The number of benzene rings is 2. The molecule has 0 bridgehead atoms. The van der Waals surface area contributed by atoms with Crippen molar-refractivity contribution >= 4 is 33.4 Å². The summed E-state index contributed by atoms with van der Waals surface area (Å²) in [4.78, 5) is 29.3. The molecule has 2 heterocycles. The van der Waals surface area contributed by atoms with Crippen LogP contribution < -0.4 is 19.0 Å². The van der Waals surface area contributed by atoms with E-state index in [0.717, 1.165) is 21.5 Å². The van der Waals surface area contributed by atoms with Crippen molar-refractivity contribution in [3.8, 4) is 17.2 Å². The first kappa shape index (κ1) is 20.0. The minimum absolute atomic E-state index is 0.0411. The summed E-state index contributed by atoms with van der Waals surface area (Å²) in [6, 6.07) is 10.9. The monoisotopic (exact) mass is 428 g/mol. The van der Waals surface area contributed by atoms with E-state index in [9.17, 15) is 9.59 Å². The molecule has 0 saturated carbocycles. The first-order valence-corrected chi connectivity index (χ1v) is 10.2. The highest BCUT2D eigenvalue weighted by atomic mass is 32.1.